The van der Waals surface area contributed by atoms with E-state index in [4.69, 9.17) is 9.47 Å². The lowest BCUT2D eigenvalue weighted by Gasteiger charge is -2.48. The van der Waals surface area contributed by atoms with E-state index in [2.05, 4.69) is 34.5 Å². The SMILES string of the molecule is CO[C@@H]1CCCOC12CCN(Cc1nccn1C(C)C)CC2. The van der Waals surface area contributed by atoms with Gasteiger partial charge in [-0.3, -0.25) is 4.90 Å². The molecule has 2 saturated heterocycles. The van der Waals surface area contributed by atoms with Gasteiger partial charge in [-0.25, -0.2) is 4.98 Å². The van der Waals surface area contributed by atoms with E-state index in [-0.39, 0.29) is 11.7 Å². The fourth-order valence-corrected chi connectivity index (χ4v) is 3.93. The van der Waals surface area contributed by atoms with E-state index in [1.807, 2.05) is 13.3 Å². The van der Waals surface area contributed by atoms with Crippen molar-refractivity contribution in [2.24, 2.45) is 0 Å². The van der Waals surface area contributed by atoms with Gasteiger partial charge in [-0.2, -0.15) is 0 Å². The minimum atomic E-state index is -0.0447. The van der Waals surface area contributed by atoms with E-state index in [9.17, 15) is 0 Å². The number of methoxy groups -OCH3 is 1. The molecular formula is C17H29N3O2. The van der Waals surface area contributed by atoms with Crippen LogP contribution in [0, 0.1) is 0 Å². The van der Waals surface area contributed by atoms with Gasteiger partial charge in [0.25, 0.3) is 0 Å². The van der Waals surface area contributed by atoms with Crippen molar-refractivity contribution in [1.82, 2.24) is 14.5 Å². The molecule has 5 nitrogen and oxygen atoms in total. The van der Waals surface area contributed by atoms with Gasteiger partial charge < -0.3 is 14.0 Å². The van der Waals surface area contributed by atoms with Crippen LogP contribution in [-0.2, 0) is 16.0 Å². The third-order valence-corrected chi connectivity index (χ3v) is 5.24. The first-order valence-electron chi connectivity index (χ1n) is 8.55. The Kier molecular flexibility index (Phi) is 4.85. The van der Waals surface area contributed by atoms with Crippen LogP contribution >= 0.6 is 0 Å². The Morgan fingerprint density at radius 2 is 2.18 bits per heavy atom. The van der Waals surface area contributed by atoms with Gasteiger partial charge in [0, 0.05) is 45.2 Å². The van der Waals surface area contributed by atoms with Gasteiger partial charge in [-0.1, -0.05) is 0 Å². The van der Waals surface area contributed by atoms with Crippen LogP contribution in [0.25, 0.3) is 0 Å². The Morgan fingerprint density at radius 1 is 1.41 bits per heavy atom. The molecule has 0 unspecified atom stereocenters. The number of piperidine rings is 1. The van der Waals surface area contributed by atoms with Crippen molar-refractivity contribution in [2.45, 2.75) is 63.8 Å². The summed E-state index contributed by atoms with van der Waals surface area (Å²) >= 11 is 0. The number of hydrogen-bond acceptors (Lipinski definition) is 4. The van der Waals surface area contributed by atoms with Crippen LogP contribution in [0.5, 0.6) is 0 Å². The molecule has 1 spiro atoms. The molecule has 0 aliphatic carbocycles. The summed E-state index contributed by atoms with van der Waals surface area (Å²) in [6.45, 7) is 8.34. The molecule has 2 fully saturated rings. The van der Waals surface area contributed by atoms with Crippen LogP contribution in [0.3, 0.4) is 0 Å². The molecule has 1 atom stereocenters. The topological polar surface area (TPSA) is 39.5 Å². The van der Waals surface area contributed by atoms with Gasteiger partial charge in [0.2, 0.25) is 0 Å². The van der Waals surface area contributed by atoms with Gasteiger partial charge in [-0.05, 0) is 39.5 Å². The maximum Gasteiger partial charge on any atom is 0.123 e. The maximum atomic E-state index is 6.18. The molecule has 0 N–H and O–H groups in total. The van der Waals surface area contributed by atoms with Crippen LogP contribution in [-0.4, -0.2) is 53.0 Å². The second-order valence-corrected chi connectivity index (χ2v) is 6.90. The number of likely N-dealkylation sites (tertiary alicyclic amines) is 1. The average Bonchev–Trinajstić information content (AvgIpc) is 2.99. The lowest BCUT2D eigenvalue weighted by Crippen LogP contribution is -2.55. The number of ether oxygens (including phenoxy) is 2. The molecule has 0 amide bonds. The van der Waals surface area contributed by atoms with Crippen molar-refractivity contribution in [2.75, 3.05) is 26.8 Å². The quantitative estimate of drug-likeness (QED) is 0.857. The highest BCUT2D eigenvalue weighted by Crippen LogP contribution is 2.37. The number of aromatic nitrogens is 2. The van der Waals surface area contributed by atoms with Gasteiger partial charge in [0.1, 0.15) is 5.82 Å². The summed E-state index contributed by atoms with van der Waals surface area (Å²) in [7, 11) is 1.83. The summed E-state index contributed by atoms with van der Waals surface area (Å²) in [6.07, 6.45) is 8.63. The van der Waals surface area contributed by atoms with Crippen molar-refractivity contribution in [3.8, 4) is 0 Å². The third-order valence-electron chi connectivity index (χ3n) is 5.24. The van der Waals surface area contributed by atoms with Crippen LogP contribution < -0.4 is 0 Å². The highest BCUT2D eigenvalue weighted by molar-refractivity contribution is 4.99. The highest BCUT2D eigenvalue weighted by atomic mass is 16.5. The van der Waals surface area contributed by atoms with Gasteiger partial charge in [-0.15, -0.1) is 0 Å². The summed E-state index contributed by atoms with van der Waals surface area (Å²) in [5, 5.41) is 0. The lowest BCUT2D eigenvalue weighted by molar-refractivity contribution is -0.187. The van der Waals surface area contributed by atoms with E-state index < -0.39 is 0 Å². The zero-order valence-electron chi connectivity index (χ0n) is 14.1. The fourth-order valence-electron chi connectivity index (χ4n) is 3.93. The summed E-state index contributed by atoms with van der Waals surface area (Å²) in [5.41, 5.74) is -0.0447. The molecule has 5 heteroatoms. The largest absolute Gasteiger partial charge is 0.378 e. The molecule has 0 saturated carbocycles. The molecule has 124 valence electrons. The van der Waals surface area contributed by atoms with Crippen molar-refractivity contribution in [3.63, 3.8) is 0 Å². The van der Waals surface area contributed by atoms with E-state index >= 15 is 0 Å². The van der Waals surface area contributed by atoms with Gasteiger partial charge in [0.05, 0.1) is 18.2 Å². The average molecular weight is 307 g/mol. The fraction of sp³-hybridized carbons (Fsp3) is 0.824. The first-order valence-corrected chi connectivity index (χ1v) is 8.55. The van der Waals surface area contributed by atoms with E-state index in [0.717, 1.165) is 51.9 Å². The number of hydrogen-bond donors (Lipinski definition) is 0. The third kappa shape index (κ3) is 3.07. The van der Waals surface area contributed by atoms with E-state index in [1.54, 1.807) is 0 Å². The molecule has 2 aliphatic rings. The smallest absolute Gasteiger partial charge is 0.123 e. The van der Waals surface area contributed by atoms with Crippen molar-refractivity contribution < 1.29 is 9.47 Å². The lowest BCUT2D eigenvalue weighted by atomic mass is 9.82. The van der Waals surface area contributed by atoms with Crippen molar-refractivity contribution in [1.29, 1.82) is 0 Å². The Bertz CT molecular complexity index is 478. The summed E-state index contributed by atoms with van der Waals surface area (Å²) in [6, 6.07) is 0.466. The molecule has 0 bridgehead atoms. The van der Waals surface area contributed by atoms with Crippen LogP contribution in [0.1, 0.15) is 51.4 Å². The highest BCUT2D eigenvalue weighted by Gasteiger charge is 2.44. The van der Waals surface area contributed by atoms with Crippen molar-refractivity contribution >= 4 is 0 Å². The summed E-state index contributed by atoms with van der Waals surface area (Å²) in [4.78, 5) is 7.03. The zero-order chi connectivity index (χ0) is 15.6. The second-order valence-electron chi connectivity index (χ2n) is 6.90. The standard InChI is InChI=1S/C17H29N3O2/c1-14(2)20-11-8-18-16(20)13-19-9-6-17(7-10-19)15(21-3)5-4-12-22-17/h8,11,14-15H,4-7,9-10,12-13H2,1-3H3/t15-/m1/s1. The maximum absolute atomic E-state index is 6.18. The number of imidazole rings is 1. The van der Waals surface area contributed by atoms with Crippen LogP contribution in [0.15, 0.2) is 12.4 Å². The summed E-state index contributed by atoms with van der Waals surface area (Å²) in [5.74, 6) is 1.17. The molecular weight excluding hydrogens is 278 g/mol. The monoisotopic (exact) mass is 307 g/mol. The minimum absolute atomic E-state index is 0.0447. The molecule has 0 radical (unpaired) electrons. The molecule has 3 heterocycles. The zero-order valence-corrected chi connectivity index (χ0v) is 14.1. The molecule has 3 rings (SSSR count). The number of rotatable bonds is 4. The summed E-state index contributed by atoms with van der Waals surface area (Å²) < 4.78 is 14.2. The second kappa shape index (κ2) is 6.69. The molecule has 2 aliphatic heterocycles. The molecule has 1 aromatic heterocycles. The van der Waals surface area contributed by atoms with Crippen LogP contribution in [0.4, 0.5) is 0 Å². The number of nitrogens with zero attached hydrogens (tertiary/aromatic N) is 3. The van der Waals surface area contributed by atoms with Crippen molar-refractivity contribution in [3.05, 3.63) is 18.2 Å². The Balaban J connectivity index is 1.60. The first-order chi connectivity index (χ1) is 10.6. The Labute approximate surface area is 133 Å². The van der Waals surface area contributed by atoms with E-state index in [1.165, 1.54) is 5.82 Å². The predicted octanol–water partition coefficient (Wildman–Crippen LogP) is 2.62. The van der Waals surface area contributed by atoms with Crippen LogP contribution in [0.2, 0.25) is 0 Å². The normalized spacial score (nSPS) is 25.9. The van der Waals surface area contributed by atoms with Gasteiger partial charge >= 0.3 is 0 Å². The molecule has 1 aromatic rings. The predicted molar refractivity (Wildman–Crippen MR) is 85.8 cm³/mol. The minimum Gasteiger partial charge on any atom is -0.378 e. The Hall–Kier alpha value is -0.910. The first kappa shape index (κ1) is 16.0. The Morgan fingerprint density at radius 3 is 2.86 bits per heavy atom. The molecule has 0 aromatic carbocycles. The van der Waals surface area contributed by atoms with E-state index in [0.29, 0.717) is 6.04 Å². The molecule has 22 heavy (non-hydrogen) atoms. The van der Waals surface area contributed by atoms with Gasteiger partial charge in [0.15, 0.2) is 0 Å².